The van der Waals surface area contributed by atoms with Gasteiger partial charge in [0, 0.05) is 62.0 Å². The van der Waals surface area contributed by atoms with Crippen LogP contribution < -0.4 is 21.3 Å². The van der Waals surface area contributed by atoms with E-state index in [1.165, 1.54) is 0 Å². The fourth-order valence-electron chi connectivity index (χ4n) is 4.20. The van der Waals surface area contributed by atoms with Crippen LogP contribution in [-0.2, 0) is 0 Å². The molecule has 2 aromatic carbocycles. The van der Waals surface area contributed by atoms with Crippen molar-refractivity contribution in [3.8, 4) is 0 Å². The van der Waals surface area contributed by atoms with Crippen molar-refractivity contribution in [2.24, 2.45) is 0 Å². The molecule has 0 saturated carbocycles. The molecule has 0 atom stereocenters. The highest BCUT2D eigenvalue weighted by Gasteiger charge is 2.37. The molecule has 0 saturated heterocycles. The van der Waals surface area contributed by atoms with Crippen molar-refractivity contribution in [3.63, 3.8) is 0 Å². The maximum absolute atomic E-state index is 14.1. The number of hydrogen-bond donors (Lipinski definition) is 6. The minimum Gasteiger partial charge on any atom is -0.395 e. The molecule has 0 aromatic heterocycles. The SMILES string of the molecule is CN(C)CCNc1ccc(NCCN(C)C)c2c1C(=O)c1c(NCCO)ccc(NCCO)c1C2=O. The summed E-state index contributed by atoms with van der Waals surface area (Å²) in [5.41, 5.74) is 3.41. The van der Waals surface area contributed by atoms with E-state index in [1.54, 1.807) is 12.1 Å². The fraction of sp³-hybridized carbons (Fsp3) is 0.462. The van der Waals surface area contributed by atoms with Crippen molar-refractivity contribution in [2.75, 3.05) is 102 Å². The number of anilines is 4. The van der Waals surface area contributed by atoms with E-state index in [0.29, 0.717) is 47.0 Å². The molecule has 0 aliphatic heterocycles. The van der Waals surface area contributed by atoms with Crippen molar-refractivity contribution >= 4 is 34.3 Å². The second-order valence-electron chi connectivity index (χ2n) is 9.24. The monoisotopic (exact) mass is 498 g/mol. The second kappa shape index (κ2) is 12.7. The third-order valence-corrected chi connectivity index (χ3v) is 5.92. The predicted molar refractivity (Wildman–Crippen MR) is 145 cm³/mol. The summed E-state index contributed by atoms with van der Waals surface area (Å²) < 4.78 is 0. The highest BCUT2D eigenvalue weighted by Crippen LogP contribution is 2.41. The average Bonchev–Trinajstić information content (AvgIpc) is 2.84. The van der Waals surface area contributed by atoms with E-state index in [9.17, 15) is 19.8 Å². The lowest BCUT2D eigenvalue weighted by atomic mass is 9.80. The van der Waals surface area contributed by atoms with Gasteiger partial charge in [-0.1, -0.05) is 0 Å². The van der Waals surface area contributed by atoms with Crippen molar-refractivity contribution in [2.45, 2.75) is 0 Å². The van der Waals surface area contributed by atoms with Gasteiger partial charge in [0.15, 0.2) is 11.6 Å². The first-order chi connectivity index (χ1) is 17.3. The smallest absolute Gasteiger partial charge is 0.198 e. The highest BCUT2D eigenvalue weighted by molar-refractivity contribution is 6.35. The van der Waals surface area contributed by atoms with E-state index in [2.05, 4.69) is 21.3 Å². The Balaban J connectivity index is 2.16. The third kappa shape index (κ3) is 6.14. The minimum absolute atomic E-state index is 0.116. The highest BCUT2D eigenvalue weighted by atomic mass is 16.3. The number of nitrogens with zero attached hydrogens (tertiary/aromatic N) is 2. The maximum atomic E-state index is 14.1. The molecule has 0 spiro atoms. The van der Waals surface area contributed by atoms with Gasteiger partial charge in [0.1, 0.15) is 0 Å². The number of carbonyl (C=O) groups excluding carboxylic acids is 2. The topological polar surface area (TPSA) is 129 Å². The van der Waals surface area contributed by atoms with Gasteiger partial charge in [-0.15, -0.1) is 0 Å². The lowest BCUT2D eigenvalue weighted by Gasteiger charge is -2.27. The van der Waals surface area contributed by atoms with E-state index in [-0.39, 0.29) is 49.0 Å². The number of carbonyl (C=O) groups is 2. The van der Waals surface area contributed by atoms with Gasteiger partial charge in [0.25, 0.3) is 0 Å². The van der Waals surface area contributed by atoms with E-state index in [0.717, 1.165) is 13.1 Å². The van der Waals surface area contributed by atoms with Gasteiger partial charge in [0.2, 0.25) is 0 Å². The minimum atomic E-state index is -0.267. The Morgan fingerprint density at radius 2 is 0.833 bits per heavy atom. The van der Waals surface area contributed by atoms with Gasteiger partial charge in [-0.3, -0.25) is 9.59 Å². The van der Waals surface area contributed by atoms with E-state index >= 15 is 0 Å². The number of rotatable bonds is 14. The first-order valence-corrected chi connectivity index (χ1v) is 12.2. The summed E-state index contributed by atoms with van der Waals surface area (Å²) in [6.45, 7) is 2.98. The Morgan fingerprint density at radius 3 is 1.08 bits per heavy atom. The number of nitrogens with one attached hydrogen (secondary N) is 4. The van der Waals surface area contributed by atoms with Crippen LogP contribution in [0.5, 0.6) is 0 Å². The molecule has 3 rings (SSSR count). The molecule has 36 heavy (non-hydrogen) atoms. The number of benzene rings is 2. The van der Waals surface area contributed by atoms with Gasteiger partial charge in [-0.25, -0.2) is 0 Å². The van der Waals surface area contributed by atoms with Crippen molar-refractivity contribution in [1.82, 2.24) is 9.80 Å². The first kappa shape index (κ1) is 27.4. The zero-order valence-corrected chi connectivity index (χ0v) is 21.6. The zero-order valence-electron chi connectivity index (χ0n) is 21.6. The molecule has 6 N–H and O–H groups in total. The van der Waals surface area contributed by atoms with Crippen molar-refractivity contribution in [1.29, 1.82) is 0 Å². The number of fused-ring (bicyclic) bond motifs is 2. The number of likely N-dealkylation sites (N-methyl/N-ethyl adjacent to an activating group) is 2. The number of aliphatic hydroxyl groups is 2. The molecule has 1 aliphatic rings. The molecule has 10 heteroatoms. The number of aliphatic hydroxyl groups excluding tert-OH is 2. The van der Waals surface area contributed by atoms with Gasteiger partial charge in [0.05, 0.1) is 35.5 Å². The number of ketones is 2. The Hall–Kier alpha value is -3.18. The first-order valence-electron chi connectivity index (χ1n) is 12.2. The van der Waals surface area contributed by atoms with Crippen molar-refractivity contribution < 1.29 is 19.8 Å². The standard InChI is InChI=1S/C26H38N6O4/c1-31(2)13-9-27-17-5-6-18(28-10-14-32(3)4)22-21(17)25(35)23-19(29-11-15-33)7-8-20(30-12-16-34)24(23)26(22)36/h5-8,27-30,33-34H,9-16H2,1-4H3. The Kier molecular flexibility index (Phi) is 9.65. The zero-order chi connectivity index (χ0) is 26.2. The van der Waals surface area contributed by atoms with Gasteiger partial charge in [-0.2, -0.15) is 0 Å². The third-order valence-electron chi connectivity index (χ3n) is 5.92. The second-order valence-corrected chi connectivity index (χ2v) is 9.24. The molecule has 0 fully saturated rings. The molecule has 0 unspecified atom stereocenters. The van der Waals surface area contributed by atoms with Crippen LogP contribution in [0.1, 0.15) is 31.8 Å². The van der Waals surface area contributed by atoms with Gasteiger partial charge >= 0.3 is 0 Å². The van der Waals surface area contributed by atoms with Crippen LogP contribution >= 0.6 is 0 Å². The van der Waals surface area contributed by atoms with Crippen molar-refractivity contribution in [3.05, 3.63) is 46.5 Å². The van der Waals surface area contributed by atoms with Crippen LogP contribution in [-0.4, -0.2) is 112 Å². The summed E-state index contributed by atoms with van der Waals surface area (Å²) in [6, 6.07) is 7.14. The molecular weight excluding hydrogens is 460 g/mol. The number of hydrogen-bond acceptors (Lipinski definition) is 10. The summed E-state index contributed by atoms with van der Waals surface area (Å²) in [6.07, 6.45) is 0. The maximum Gasteiger partial charge on any atom is 0.198 e. The summed E-state index contributed by atoms with van der Waals surface area (Å²) in [7, 11) is 7.89. The van der Waals surface area contributed by atoms with Gasteiger partial charge < -0.3 is 41.3 Å². The van der Waals surface area contributed by atoms with Gasteiger partial charge in [-0.05, 0) is 52.5 Å². The molecule has 0 radical (unpaired) electrons. The van der Waals surface area contributed by atoms with Crippen LogP contribution in [0.15, 0.2) is 24.3 Å². The van der Waals surface area contributed by atoms with E-state index in [1.807, 2.05) is 50.1 Å². The predicted octanol–water partition coefficient (Wildman–Crippen LogP) is 1.22. The largest absolute Gasteiger partial charge is 0.395 e. The normalized spacial score (nSPS) is 12.6. The van der Waals surface area contributed by atoms with Crippen LogP contribution in [0.2, 0.25) is 0 Å². The molecule has 2 aromatic rings. The lowest BCUT2D eigenvalue weighted by molar-refractivity contribution is 0.0981. The molecule has 0 heterocycles. The molecular formula is C26H38N6O4. The molecule has 0 bridgehead atoms. The molecule has 1 aliphatic carbocycles. The van der Waals surface area contributed by atoms with Crippen LogP contribution in [0.4, 0.5) is 22.7 Å². The lowest BCUT2D eigenvalue weighted by Crippen LogP contribution is -2.29. The quantitative estimate of drug-likeness (QED) is 0.193. The van der Waals surface area contributed by atoms with E-state index < -0.39 is 0 Å². The molecule has 0 amide bonds. The van der Waals surface area contributed by atoms with Crippen LogP contribution in [0.25, 0.3) is 0 Å². The summed E-state index contributed by atoms with van der Waals surface area (Å²) in [5.74, 6) is -0.535. The summed E-state index contributed by atoms with van der Waals surface area (Å²) in [4.78, 5) is 32.3. The van der Waals surface area contributed by atoms with Crippen LogP contribution in [0.3, 0.4) is 0 Å². The Morgan fingerprint density at radius 1 is 0.556 bits per heavy atom. The Labute approximate surface area is 212 Å². The average molecular weight is 499 g/mol. The van der Waals surface area contributed by atoms with Crippen LogP contribution in [0, 0.1) is 0 Å². The summed E-state index contributed by atoms with van der Waals surface area (Å²) in [5, 5.41) is 31.5. The Bertz CT molecular complexity index is 1000. The fourth-order valence-corrected chi connectivity index (χ4v) is 4.20. The van der Waals surface area contributed by atoms with E-state index in [4.69, 9.17) is 0 Å². The molecule has 196 valence electrons. The summed E-state index contributed by atoms with van der Waals surface area (Å²) >= 11 is 0. The molecule has 10 nitrogen and oxygen atoms in total.